The van der Waals surface area contributed by atoms with Gasteiger partial charge in [0.15, 0.2) is 10.3 Å². The summed E-state index contributed by atoms with van der Waals surface area (Å²) >= 11 is 0. The van der Waals surface area contributed by atoms with E-state index < -0.39 is 10.3 Å². The van der Waals surface area contributed by atoms with Crippen LogP contribution in [0.3, 0.4) is 0 Å². The van der Waals surface area contributed by atoms with E-state index in [0.29, 0.717) is 12.1 Å². The predicted octanol–water partition coefficient (Wildman–Crippen LogP) is -0.687. The predicted molar refractivity (Wildman–Crippen MR) is 62.0 cm³/mol. The van der Waals surface area contributed by atoms with Gasteiger partial charge in [-0.2, -0.15) is 0 Å². The van der Waals surface area contributed by atoms with Crippen molar-refractivity contribution >= 4 is 10.3 Å². The second-order valence-corrected chi connectivity index (χ2v) is 5.17. The van der Waals surface area contributed by atoms with Crippen molar-refractivity contribution in [2.24, 2.45) is 0 Å². The van der Waals surface area contributed by atoms with E-state index in [4.69, 9.17) is 0 Å². The average Bonchev–Trinajstić information content (AvgIpc) is 2.65. The monoisotopic (exact) mass is 267 g/mol. The van der Waals surface area contributed by atoms with Crippen molar-refractivity contribution in [2.75, 3.05) is 0 Å². The van der Waals surface area contributed by atoms with Crippen LogP contribution < -0.4 is 29.6 Å². The standard InChI is InChI=1S/C11H19NO3S.Na/c1-2-3-4-5-6-8-11-9-7-10-12(11)16(13,14)15;/h7,9-10H,2-6,8H2,1H3,(H,13,14,15);/q;+1/p-1. The molecule has 0 fully saturated rings. The van der Waals surface area contributed by atoms with Gasteiger partial charge in [0.05, 0.1) is 0 Å². The van der Waals surface area contributed by atoms with Gasteiger partial charge in [-0.25, -0.2) is 8.42 Å². The minimum atomic E-state index is -4.37. The summed E-state index contributed by atoms with van der Waals surface area (Å²) in [5.74, 6) is 0. The van der Waals surface area contributed by atoms with E-state index in [1.807, 2.05) is 0 Å². The largest absolute Gasteiger partial charge is 1.00 e. The molecule has 0 unspecified atom stereocenters. The summed E-state index contributed by atoms with van der Waals surface area (Å²) in [7, 11) is -4.37. The summed E-state index contributed by atoms with van der Waals surface area (Å²) < 4.78 is 33.4. The fourth-order valence-corrected chi connectivity index (χ4v) is 2.38. The average molecular weight is 267 g/mol. The molecule has 0 atom stereocenters. The minimum absolute atomic E-state index is 0. The van der Waals surface area contributed by atoms with Gasteiger partial charge in [-0.15, -0.1) is 0 Å². The molecule has 0 saturated heterocycles. The number of aromatic nitrogens is 1. The Balaban J connectivity index is 0.00000256. The molecule has 0 N–H and O–H groups in total. The molecule has 0 aliphatic rings. The zero-order valence-electron chi connectivity index (χ0n) is 10.6. The van der Waals surface area contributed by atoms with Crippen LogP contribution >= 0.6 is 0 Å². The molecule has 0 radical (unpaired) electrons. The van der Waals surface area contributed by atoms with Crippen LogP contribution in [-0.4, -0.2) is 16.9 Å². The Bertz CT molecular complexity index is 414. The second kappa shape index (κ2) is 8.32. The van der Waals surface area contributed by atoms with Crippen LogP contribution in [0.1, 0.15) is 44.7 Å². The second-order valence-electron chi connectivity index (χ2n) is 3.92. The third-order valence-corrected chi connectivity index (χ3v) is 3.41. The van der Waals surface area contributed by atoms with Crippen LogP contribution in [0, 0.1) is 0 Å². The zero-order chi connectivity index (χ0) is 12.0. The Kier molecular flexibility index (Phi) is 8.41. The van der Waals surface area contributed by atoms with Crippen molar-refractivity contribution < 1.29 is 42.5 Å². The quantitative estimate of drug-likeness (QED) is 0.373. The first-order valence-corrected chi connectivity index (χ1v) is 7.05. The molecule has 1 heterocycles. The van der Waals surface area contributed by atoms with E-state index >= 15 is 0 Å². The molecule has 0 saturated carbocycles. The molecular formula is C11H18NNaO3S. The molecule has 1 aromatic heterocycles. The van der Waals surface area contributed by atoms with Crippen LogP contribution in [-0.2, 0) is 16.7 Å². The molecule has 0 aromatic carbocycles. The van der Waals surface area contributed by atoms with E-state index in [0.717, 1.165) is 16.8 Å². The molecule has 1 aromatic rings. The van der Waals surface area contributed by atoms with E-state index in [1.165, 1.54) is 25.5 Å². The van der Waals surface area contributed by atoms with Crippen molar-refractivity contribution in [1.82, 2.24) is 3.97 Å². The van der Waals surface area contributed by atoms with Gasteiger partial charge in [0.25, 0.3) is 0 Å². The van der Waals surface area contributed by atoms with Crippen molar-refractivity contribution in [3.63, 3.8) is 0 Å². The minimum Gasteiger partial charge on any atom is -0.731 e. The molecule has 1 rings (SSSR count). The molecule has 6 heteroatoms. The fourth-order valence-electron chi connectivity index (χ4n) is 1.72. The van der Waals surface area contributed by atoms with Crippen LogP contribution in [0.5, 0.6) is 0 Å². The number of hydrogen-bond donors (Lipinski definition) is 0. The van der Waals surface area contributed by atoms with Crippen molar-refractivity contribution in [1.29, 1.82) is 0 Å². The number of aryl methyl sites for hydroxylation is 1. The molecule has 0 aliphatic heterocycles. The third kappa shape index (κ3) is 6.06. The van der Waals surface area contributed by atoms with Crippen LogP contribution in [0.2, 0.25) is 0 Å². The van der Waals surface area contributed by atoms with Crippen molar-refractivity contribution in [2.45, 2.75) is 45.4 Å². The van der Waals surface area contributed by atoms with Gasteiger partial charge in [0.2, 0.25) is 0 Å². The van der Waals surface area contributed by atoms with Crippen molar-refractivity contribution in [3.8, 4) is 0 Å². The fraction of sp³-hybridized carbons (Fsp3) is 0.636. The summed E-state index contributed by atoms with van der Waals surface area (Å²) in [6.45, 7) is 2.15. The molecular weight excluding hydrogens is 249 g/mol. The molecule has 0 aliphatic carbocycles. The number of rotatable bonds is 7. The topological polar surface area (TPSA) is 62.1 Å². The Morgan fingerprint density at radius 3 is 2.47 bits per heavy atom. The maximum Gasteiger partial charge on any atom is 1.00 e. The first kappa shape index (κ1) is 17.2. The Hall–Kier alpha value is 0.190. The maximum absolute atomic E-state index is 10.9. The first-order valence-electron chi connectivity index (χ1n) is 5.68. The van der Waals surface area contributed by atoms with Gasteiger partial charge in [-0.05, 0) is 25.0 Å². The summed E-state index contributed by atoms with van der Waals surface area (Å²) in [5, 5.41) is 0. The van der Waals surface area contributed by atoms with Gasteiger partial charge in [0.1, 0.15) is 0 Å². The first-order chi connectivity index (χ1) is 7.55. The Morgan fingerprint density at radius 1 is 1.24 bits per heavy atom. The normalized spacial score (nSPS) is 11.2. The number of hydrogen-bond acceptors (Lipinski definition) is 3. The van der Waals surface area contributed by atoms with Gasteiger partial charge < -0.3 is 4.55 Å². The van der Waals surface area contributed by atoms with Gasteiger partial charge in [0, 0.05) is 11.9 Å². The van der Waals surface area contributed by atoms with E-state index in [2.05, 4.69) is 6.92 Å². The Morgan fingerprint density at radius 2 is 1.88 bits per heavy atom. The summed E-state index contributed by atoms with van der Waals surface area (Å²) in [6, 6.07) is 3.28. The molecule has 92 valence electrons. The van der Waals surface area contributed by atoms with Gasteiger partial charge in [-0.3, -0.25) is 3.97 Å². The molecule has 0 bridgehead atoms. The third-order valence-electron chi connectivity index (χ3n) is 2.57. The van der Waals surface area contributed by atoms with Crippen LogP contribution in [0.4, 0.5) is 0 Å². The maximum atomic E-state index is 10.9. The van der Waals surface area contributed by atoms with Crippen LogP contribution in [0.25, 0.3) is 0 Å². The van der Waals surface area contributed by atoms with Gasteiger partial charge in [-0.1, -0.05) is 32.6 Å². The SMILES string of the molecule is CCCCCCCc1cccn1S(=O)(=O)[O-].[Na+]. The smallest absolute Gasteiger partial charge is 0.731 e. The van der Waals surface area contributed by atoms with Crippen LogP contribution in [0.15, 0.2) is 18.3 Å². The molecule has 4 nitrogen and oxygen atoms in total. The number of unbranched alkanes of at least 4 members (excludes halogenated alkanes) is 4. The molecule has 17 heavy (non-hydrogen) atoms. The zero-order valence-corrected chi connectivity index (χ0v) is 13.4. The van der Waals surface area contributed by atoms with Gasteiger partial charge >= 0.3 is 29.6 Å². The number of nitrogens with zero attached hydrogens (tertiary/aromatic N) is 1. The van der Waals surface area contributed by atoms with Crippen molar-refractivity contribution in [3.05, 3.63) is 24.0 Å². The summed E-state index contributed by atoms with van der Waals surface area (Å²) in [4.78, 5) is 0. The molecule has 0 amide bonds. The summed E-state index contributed by atoms with van der Waals surface area (Å²) in [5.41, 5.74) is 0.589. The summed E-state index contributed by atoms with van der Waals surface area (Å²) in [6.07, 6.45) is 7.53. The van der Waals surface area contributed by atoms with E-state index in [9.17, 15) is 13.0 Å². The van der Waals surface area contributed by atoms with E-state index in [1.54, 1.807) is 12.1 Å². The van der Waals surface area contributed by atoms with E-state index in [-0.39, 0.29) is 29.6 Å². The Labute approximate surface area is 126 Å². The molecule has 0 spiro atoms.